The Balaban J connectivity index is 2.64. The van der Waals surface area contributed by atoms with E-state index >= 15 is 0 Å². The number of benzene rings is 1. The molecule has 1 aromatic rings. The predicted molar refractivity (Wildman–Crippen MR) is 43.3 cm³/mol. The monoisotopic (exact) mass is 216 g/mol. The molecule has 0 saturated heterocycles. The Morgan fingerprint density at radius 3 is 3.00 bits per heavy atom. The molecule has 3 heteroatoms. The van der Waals surface area contributed by atoms with Gasteiger partial charge in [-0.1, -0.05) is 15.9 Å². The third-order valence-corrected chi connectivity index (χ3v) is 2.50. The lowest BCUT2D eigenvalue weighted by Crippen LogP contribution is -1.87. The average Bonchev–Trinajstić information content (AvgIpc) is 2.45. The number of ether oxygens (including phenoxy) is 1. The van der Waals surface area contributed by atoms with E-state index in [0.717, 1.165) is 16.5 Å². The van der Waals surface area contributed by atoms with Gasteiger partial charge in [0.1, 0.15) is 0 Å². The lowest BCUT2D eigenvalue weighted by molar-refractivity contribution is 0.339. The van der Waals surface area contributed by atoms with Crippen LogP contribution in [-0.2, 0) is 6.42 Å². The van der Waals surface area contributed by atoms with E-state index in [4.69, 9.17) is 4.74 Å². The number of halogens is 2. The van der Waals surface area contributed by atoms with Crippen molar-refractivity contribution in [3.05, 3.63) is 28.0 Å². The molecule has 11 heavy (non-hydrogen) atoms. The molecule has 58 valence electrons. The van der Waals surface area contributed by atoms with Gasteiger partial charge in [0, 0.05) is 16.5 Å². The number of hydrogen-bond donors (Lipinski definition) is 0. The number of fused-ring (bicyclic) bond motifs is 1. The Morgan fingerprint density at radius 1 is 1.45 bits per heavy atom. The van der Waals surface area contributed by atoms with Crippen molar-refractivity contribution in [1.82, 2.24) is 0 Å². The van der Waals surface area contributed by atoms with Gasteiger partial charge in [-0.3, -0.25) is 0 Å². The van der Waals surface area contributed by atoms with Crippen LogP contribution in [0.2, 0.25) is 0 Å². The number of hydrogen-bond acceptors (Lipinski definition) is 1. The van der Waals surface area contributed by atoms with Crippen molar-refractivity contribution in [2.45, 2.75) is 6.42 Å². The first-order chi connectivity index (χ1) is 5.29. The SMILES string of the molecule is Fc1ccc(Br)c2c1OCC2. The summed E-state index contributed by atoms with van der Waals surface area (Å²) in [4.78, 5) is 0. The molecule has 0 amide bonds. The third-order valence-electron chi connectivity index (χ3n) is 1.75. The maximum absolute atomic E-state index is 12.9. The average molecular weight is 217 g/mol. The molecule has 0 N–H and O–H groups in total. The highest BCUT2D eigenvalue weighted by molar-refractivity contribution is 9.10. The van der Waals surface area contributed by atoms with Gasteiger partial charge in [-0.05, 0) is 12.1 Å². The zero-order valence-corrected chi connectivity index (χ0v) is 7.32. The summed E-state index contributed by atoms with van der Waals surface area (Å²) in [5.41, 5.74) is 0.949. The topological polar surface area (TPSA) is 9.23 Å². The molecule has 1 aliphatic heterocycles. The Bertz CT molecular complexity index is 269. The van der Waals surface area contributed by atoms with Crippen molar-refractivity contribution in [3.8, 4) is 5.75 Å². The van der Waals surface area contributed by atoms with Crippen LogP contribution in [0.3, 0.4) is 0 Å². The molecule has 1 nitrogen and oxygen atoms in total. The van der Waals surface area contributed by atoms with Gasteiger partial charge in [-0.15, -0.1) is 0 Å². The highest BCUT2D eigenvalue weighted by Crippen LogP contribution is 2.33. The summed E-state index contributed by atoms with van der Waals surface area (Å²) in [7, 11) is 0. The van der Waals surface area contributed by atoms with Crippen molar-refractivity contribution in [1.29, 1.82) is 0 Å². The molecule has 0 radical (unpaired) electrons. The lowest BCUT2D eigenvalue weighted by Gasteiger charge is -2.00. The molecule has 1 aromatic carbocycles. The van der Waals surface area contributed by atoms with E-state index in [1.807, 2.05) is 0 Å². The fraction of sp³-hybridized carbons (Fsp3) is 0.250. The minimum atomic E-state index is -0.263. The van der Waals surface area contributed by atoms with Crippen molar-refractivity contribution in [3.63, 3.8) is 0 Å². The minimum Gasteiger partial charge on any atom is -0.490 e. The van der Waals surface area contributed by atoms with Crippen molar-refractivity contribution < 1.29 is 9.13 Å². The van der Waals surface area contributed by atoms with Crippen LogP contribution in [0.25, 0.3) is 0 Å². The van der Waals surface area contributed by atoms with E-state index in [0.29, 0.717) is 12.4 Å². The van der Waals surface area contributed by atoms with Crippen LogP contribution in [0, 0.1) is 5.82 Å². The van der Waals surface area contributed by atoms with Gasteiger partial charge in [0.15, 0.2) is 11.6 Å². The first-order valence-electron chi connectivity index (χ1n) is 3.39. The molecule has 1 heterocycles. The lowest BCUT2D eigenvalue weighted by atomic mass is 10.2. The van der Waals surface area contributed by atoms with Crippen LogP contribution in [0.4, 0.5) is 4.39 Å². The van der Waals surface area contributed by atoms with E-state index in [-0.39, 0.29) is 5.82 Å². The van der Waals surface area contributed by atoms with Gasteiger partial charge < -0.3 is 4.74 Å². The molecule has 0 aromatic heterocycles. The maximum atomic E-state index is 12.9. The van der Waals surface area contributed by atoms with E-state index in [1.54, 1.807) is 6.07 Å². The Hall–Kier alpha value is -0.570. The number of rotatable bonds is 0. The second-order valence-corrected chi connectivity index (χ2v) is 3.29. The van der Waals surface area contributed by atoms with Gasteiger partial charge in [0.25, 0.3) is 0 Å². The molecule has 0 fully saturated rings. The zero-order chi connectivity index (χ0) is 7.84. The first kappa shape index (κ1) is 7.10. The normalized spacial score (nSPS) is 14.4. The van der Waals surface area contributed by atoms with Crippen molar-refractivity contribution >= 4 is 15.9 Å². The highest BCUT2D eigenvalue weighted by Gasteiger charge is 2.18. The van der Waals surface area contributed by atoms with Crippen molar-refractivity contribution in [2.75, 3.05) is 6.61 Å². The van der Waals surface area contributed by atoms with Gasteiger partial charge in [0.05, 0.1) is 6.61 Å². The van der Waals surface area contributed by atoms with Gasteiger partial charge >= 0.3 is 0 Å². The van der Waals surface area contributed by atoms with Crippen LogP contribution in [0.1, 0.15) is 5.56 Å². The molecule has 2 rings (SSSR count). The Labute approximate surface area is 72.3 Å². The fourth-order valence-corrected chi connectivity index (χ4v) is 1.73. The summed E-state index contributed by atoms with van der Waals surface area (Å²) in [5, 5.41) is 0. The molecular weight excluding hydrogens is 211 g/mol. The van der Waals surface area contributed by atoms with E-state index in [2.05, 4.69) is 15.9 Å². The predicted octanol–water partition coefficient (Wildman–Crippen LogP) is 2.52. The van der Waals surface area contributed by atoms with Gasteiger partial charge in [-0.2, -0.15) is 0 Å². The third kappa shape index (κ3) is 1.03. The molecule has 1 aliphatic rings. The summed E-state index contributed by atoms with van der Waals surface area (Å²) >= 11 is 3.33. The summed E-state index contributed by atoms with van der Waals surface area (Å²) in [6, 6.07) is 3.12. The van der Waals surface area contributed by atoms with Crippen LogP contribution in [-0.4, -0.2) is 6.61 Å². The summed E-state index contributed by atoms with van der Waals surface area (Å²) < 4.78 is 19.0. The molecule has 0 aliphatic carbocycles. The smallest absolute Gasteiger partial charge is 0.165 e. The molecule has 0 spiro atoms. The van der Waals surface area contributed by atoms with Gasteiger partial charge in [-0.25, -0.2) is 4.39 Å². The second kappa shape index (κ2) is 2.48. The fourth-order valence-electron chi connectivity index (χ4n) is 1.22. The molecule has 0 unspecified atom stereocenters. The molecular formula is C8H6BrFO. The standard InChI is InChI=1S/C8H6BrFO/c9-6-1-2-7(10)8-5(6)3-4-11-8/h1-2H,3-4H2. The summed E-state index contributed by atoms with van der Waals surface area (Å²) in [6.07, 6.45) is 0.799. The first-order valence-corrected chi connectivity index (χ1v) is 4.18. The maximum Gasteiger partial charge on any atom is 0.165 e. The van der Waals surface area contributed by atoms with E-state index < -0.39 is 0 Å². The van der Waals surface area contributed by atoms with Gasteiger partial charge in [0.2, 0.25) is 0 Å². The summed E-state index contributed by atoms with van der Waals surface area (Å²) in [6.45, 7) is 0.592. The summed E-state index contributed by atoms with van der Waals surface area (Å²) in [5.74, 6) is 0.153. The molecule has 0 atom stereocenters. The minimum absolute atomic E-state index is 0.263. The second-order valence-electron chi connectivity index (χ2n) is 2.44. The van der Waals surface area contributed by atoms with E-state index in [1.165, 1.54) is 6.07 Å². The Morgan fingerprint density at radius 2 is 2.27 bits per heavy atom. The van der Waals surface area contributed by atoms with E-state index in [9.17, 15) is 4.39 Å². The highest BCUT2D eigenvalue weighted by atomic mass is 79.9. The molecule has 0 saturated carbocycles. The van der Waals surface area contributed by atoms with Crippen LogP contribution < -0.4 is 4.74 Å². The van der Waals surface area contributed by atoms with Crippen LogP contribution in [0.15, 0.2) is 16.6 Å². The zero-order valence-electron chi connectivity index (χ0n) is 5.73. The Kier molecular flexibility index (Phi) is 1.60. The molecule has 0 bridgehead atoms. The quantitative estimate of drug-likeness (QED) is 0.648. The van der Waals surface area contributed by atoms with Crippen molar-refractivity contribution in [2.24, 2.45) is 0 Å². The van der Waals surface area contributed by atoms with Crippen LogP contribution in [0.5, 0.6) is 5.75 Å². The van der Waals surface area contributed by atoms with Crippen LogP contribution >= 0.6 is 15.9 Å². The largest absolute Gasteiger partial charge is 0.490 e.